The number of methoxy groups -OCH3 is 1. The number of pyridine rings is 1. The van der Waals surface area contributed by atoms with E-state index in [1.54, 1.807) is 7.11 Å². The fraction of sp³-hybridized carbons (Fsp3) is 0.524. The van der Waals surface area contributed by atoms with Gasteiger partial charge in [-0.1, -0.05) is 19.8 Å². The van der Waals surface area contributed by atoms with Gasteiger partial charge in [-0.3, -0.25) is 4.79 Å². The lowest BCUT2D eigenvalue weighted by molar-refractivity contribution is 0.0706. The summed E-state index contributed by atoms with van der Waals surface area (Å²) in [6, 6.07) is 4.23. The third kappa shape index (κ3) is 3.53. The van der Waals surface area contributed by atoms with Crippen molar-refractivity contribution in [3.63, 3.8) is 0 Å². The predicted molar refractivity (Wildman–Crippen MR) is 106 cm³/mol. The molecule has 1 amide bonds. The third-order valence-corrected chi connectivity index (χ3v) is 5.62. The number of hydrogen-bond donors (Lipinski definition) is 1. The summed E-state index contributed by atoms with van der Waals surface area (Å²) in [6.07, 6.45) is 5.45. The van der Waals surface area contributed by atoms with Crippen LogP contribution in [0.4, 0.5) is 5.82 Å². The van der Waals surface area contributed by atoms with E-state index >= 15 is 0 Å². The standard InChI is InChI=1S/C21H27N5O2/c1-4-15-10-19(24-13(2)23-15)22-11-14-9-17-18(25-20(14)28-3)12-26(21(17)27)16-7-5-6-8-16/h9-10,16H,4-8,11-12H2,1-3H3,(H,22,23,24). The molecule has 28 heavy (non-hydrogen) atoms. The van der Waals surface area contributed by atoms with Gasteiger partial charge in [0.25, 0.3) is 5.91 Å². The average molecular weight is 381 g/mol. The molecule has 0 aromatic carbocycles. The van der Waals surface area contributed by atoms with Crippen LogP contribution in [0.15, 0.2) is 12.1 Å². The molecule has 2 aromatic heterocycles. The number of aromatic nitrogens is 3. The summed E-state index contributed by atoms with van der Waals surface area (Å²) in [6.45, 7) is 5.03. The summed E-state index contributed by atoms with van der Waals surface area (Å²) in [5.74, 6) is 2.17. The van der Waals surface area contributed by atoms with Crippen LogP contribution in [0.3, 0.4) is 0 Å². The summed E-state index contributed by atoms with van der Waals surface area (Å²) < 4.78 is 5.51. The van der Waals surface area contributed by atoms with Crippen LogP contribution in [0.25, 0.3) is 0 Å². The Hall–Kier alpha value is -2.70. The number of nitrogens with one attached hydrogen (secondary N) is 1. The van der Waals surface area contributed by atoms with Crippen LogP contribution in [0.1, 0.15) is 65.7 Å². The lowest BCUT2D eigenvalue weighted by Gasteiger charge is -2.22. The molecule has 0 spiro atoms. The largest absolute Gasteiger partial charge is 0.481 e. The van der Waals surface area contributed by atoms with Crippen LogP contribution in [0.2, 0.25) is 0 Å². The minimum absolute atomic E-state index is 0.101. The first kappa shape index (κ1) is 18.7. The molecule has 1 saturated carbocycles. The smallest absolute Gasteiger partial charge is 0.256 e. The highest BCUT2D eigenvalue weighted by Gasteiger charge is 2.35. The van der Waals surface area contributed by atoms with E-state index in [4.69, 9.17) is 4.74 Å². The third-order valence-electron chi connectivity index (χ3n) is 5.62. The number of hydrogen-bond acceptors (Lipinski definition) is 6. The topological polar surface area (TPSA) is 80.2 Å². The normalized spacial score (nSPS) is 16.5. The van der Waals surface area contributed by atoms with Gasteiger partial charge in [-0.25, -0.2) is 15.0 Å². The fourth-order valence-electron chi connectivity index (χ4n) is 4.17. The molecule has 1 aliphatic carbocycles. The van der Waals surface area contributed by atoms with Crippen molar-refractivity contribution in [2.24, 2.45) is 0 Å². The van der Waals surface area contributed by atoms with Crippen molar-refractivity contribution < 1.29 is 9.53 Å². The number of rotatable bonds is 6. The van der Waals surface area contributed by atoms with Gasteiger partial charge in [-0.05, 0) is 32.3 Å². The average Bonchev–Trinajstić information content (AvgIpc) is 3.33. The monoisotopic (exact) mass is 381 g/mol. The zero-order valence-corrected chi connectivity index (χ0v) is 16.8. The molecule has 1 aliphatic heterocycles. The van der Waals surface area contributed by atoms with Gasteiger partial charge in [0.05, 0.1) is 24.9 Å². The molecule has 3 heterocycles. The minimum atomic E-state index is 0.101. The zero-order chi connectivity index (χ0) is 19.7. The van der Waals surface area contributed by atoms with Crippen LogP contribution in [-0.4, -0.2) is 38.9 Å². The van der Waals surface area contributed by atoms with Crippen molar-refractivity contribution in [2.45, 2.75) is 65.1 Å². The molecule has 0 bridgehead atoms. The zero-order valence-electron chi connectivity index (χ0n) is 16.8. The predicted octanol–water partition coefficient (Wildman–Crippen LogP) is 3.26. The van der Waals surface area contributed by atoms with Crippen molar-refractivity contribution >= 4 is 11.7 Å². The molecular weight excluding hydrogens is 354 g/mol. The molecule has 0 atom stereocenters. The number of carbonyl (C=O) groups excluding carboxylic acids is 1. The van der Waals surface area contributed by atoms with E-state index in [0.29, 0.717) is 30.6 Å². The molecule has 1 N–H and O–H groups in total. The fourth-order valence-corrected chi connectivity index (χ4v) is 4.17. The van der Waals surface area contributed by atoms with Crippen LogP contribution in [0, 0.1) is 6.92 Å². The number of carbonyl (C=O) groups is 1. The van der Waals surface area contributed by atoms with Gasteiger partial charge >= 0.3 is 0 Å². The second-order valence-corrected chi connectivity index (χ2v) is 7.52. The Bertz CT molecular complexity index is 893. The number of anilines is 1. The highest BCUT2D eigenvalue weighted by molar-refractivity contribution is 5.98. The van der Waals surface area contributed by atoms with Gasteiger partial charge in [0.2, 0.25) is 5.88 Å². The number of amides is 1. The number of aryl methyl sites for hydroxylation is 2. The molecular formula is C21H27N5O2. The summed E-state index contributed by atoms with van der Waals surface area (Å²) in [5.41, 5.74) is 3.38. The van der Waals surface area contributed by atoms with Crippen LogP contribution in [-0.2, 0) is 19.5 Å². The van der Waals surface area contributed by atoms with Crippen molar-refractivity contribution in [3.05, 3.63) is 40.5 Å². The Labute approximate surface area is 165 Å². The Morgan fingerprint density at radius 1 is 1.21 bits per heavy atom. The van der Waals surface area contributed by atoms with E-state index in [9.17, 15) is 4.79 Å². The maximum absolute atomic E-state index is 12.9. The van der Waals surface area contributed by atoms with Gasteiger partial charge in [-0.15, -0.1) is 0 Å². The van der Waals surface area contributed by atoms with Gasteiger partial charge in [-0.2, -0.15) is 0 Å². The maximum atomic E-state index is 12.9. The minimum Gasteiger partial charge on any atom is -0.481 e. The van der Waals surface area contributed by atoms with Crippen molar-refractivity contribution in [1.82, 2.24) is 19.9 Å². The molecule has 4 rings (SSSR count). The van der Waals surface area contributed by atoms with E-state index in [-0.39, 0.29) is 5.91 Å². The first-order valence-electron chi connectivity index (χ1n) is 10.0. The van der Waals surface area contributed by atoms with E-state index in [1.165, 1.54) is 12.8 Å². The molecule has 1 fully saturated rings. The van der Waals surface area contributed by atoms with Gasteiger partial charge < -0.3 is 15.0 Å². The first-order chi connectivity index (χ1) is 13.6. The summed E-state index contributed by atoms with van der Waals surface area (Å²) in [4.78, 5) is 28.4. The number of nitrogens with zero attached hydrogens (tertiary/aromatic N) is 4. The van der Waals surface area contributed by atoms with Crippen LogP contribution >= 0.6 is 0 Å². The summed E-state index contributed by atoms with van der Waals surface area (Å²) in [7, 11) is 1.62. The van der Waals surface area contributed by atoms with Gasteiger partial charge in [0.15, 0.2) is 0 Å². The Morgan fingerprint density at radius 2 is 2.00 bits per heavy atom. The number of fused-ring (bicyclic) bond motifs is 1. The summed E-state index contributed by atoms with van der Waals surface area (Å²) in [5, 5.41) is 3.33. The molecule has 7 heteroatoms. The van der Waals surface area contributed by atoms with E-state index < -0.39 is 0 Å². The maximum Gasteiger partial charge on any atom is 0.256 e. The molecule has 0 radical (unpaired) electrons. The van der Waals surface area contributed by atoms with Crippen molar-refractivity contribution in [2.75, 3.05) is 12.4 Å². The van der Waals surface area contributed by atoms with Crippen molar-refractivity contribution in [3.8, 4) is 5.88 Å². The van der Waals surface area contributed by atoms with E-state index in [1.807, 2.05) is 24.0 Å². The summed E-state index contributed by atoms with van der Waals surface area (Å²) >= 11 is 0. The SMILES string of the molecule is CCc1cc(NCc2cc3c(nc2OC)CN(C2CCCC2)C3=O)nc(C)n1. The van der Waals surface area contributed by atoms with Crippen LogP contribution < -0.4 is 10.1 Å². The second kappa shape index (κ2) is 7.73. The Balaban J connectivity index is 1.56. The lowest BCUT2D eigenvalue weighted by Crippen LogP contribution is -2.33. The number of ether oxygens (including phenoxy) is 1. The second-order valence-electron chi connectivity index (χ2n) is 7.52. The molecule has 148 valence electrons. The molecule has 0 unspecified atom stereocenters. The van der Waals surface area contributed by atoms with E-state index in [0.717, 1.165) is 47.9 Å². The Kier molecular flexibility index (Phi) is 5.15. The van der Waals surface area contributed by atoms with Crippen molar-refractivity contribution in [1.29, 1.82) is 0 Å². The Morgan fingerprint density at radius 3 is 2.71 bits per heavy atom. The molecule has 2 aliphatic rings. The van der Waals surface area contributed by atoms with Gasteiger partial charge in [0.1, 0.15) is 11.6 Å². The molecule has 2 aromatic rings. The van der Waals surface area contributed by atoms with Crippen LogP contribution in [0.5, 0.6) is 5.88 Å². The van der Waals surface area contributed by atoms with Gasteiger partial charge in [0, 0.05) is 29.9 Å². The van der Waals surface area contributed by atoms with E-state index in [2.05, 4.69) is 27.2 Å². The lowest BCUT2D eigenvalue weighted by atomic mass is 10.1. The highest BCUT2D eigenvalue weighted by atomic mass is 16.5. The highest BCUT2D eigenvalue weighted by Crippen LogP contribution is 2.33. The first-order valence-corrected chi connectivity index (χ1v) is 10.0. The molecule has 7 nitrogen and oxygen atoms in total. The quantitative estimate of drug-likeness (QED) is 0.827. The molecule has 0 saturated heterocycles.